The second-order valence-corrected chi connectivity index (χ2v) is 4.87. The Morgan fingerprint density at radius 3 is 2.00 bits per heavy atom. The van der Waals surface area contributed by atoms with E-state index in [-0.39, 0.29) is 0 Å². The van der Waals surface area contributed by atoms with Gasteiger partial charge in [-0.2, -0.15) is 0 Å². The molecule has 0 aromatic carbocycles. The fraction of sp³-hybridized carbons (Fsp3) is 0.812. The molecule has 0 aliphatic heterocycles. The molecule has 100 valence electrons. The van der Waals surface area contributed by atoms with Crippen LogP contribution in [0.2, 0.25) is 0 Å². The van der Waals surface area contributed by atoms with Gasteiger partial charge >= 0.3 is 0 Å². The van der Waals surface area contributed by atoms with Crippen LogP contribution in [0.3, 0.4) is 0 Å². The van der Waals surface area contributed by atoms with Crippen molar-refractivity contribution in [1.29, 1.82) is 0 Å². The summed E-state index contributed by atoms with van der Waals surface area (Å²) in [5, 5.41) is 0. The van der Waals surface area contributed by atoms with E-state index in [1.54, 1.807) is 0 Å². The largest absolute Gasteiger partial charge is 0.298 e. The van der Waals surface area contributed by atoms with E-state index in [1.807, 2.05) is 0 Å². The van der Waals surface area contributed by atoms with Gasteiger partial charge in [-0.25, -0.2) is 0 Å². The number of carbonyl (C=O) groups is 1. The molecule has 0 saturated carbocycles. The highest BCUT2D eigenvalue weighted by Crippen LogP contribution is 2.19. The molecule has 0 heterocycles. The summed E-state index contributed by atoms with van der Waals surface area (Å²) in [6.45, 7) is 6.56. The summed E-state index contributed by atoms with van der Waals surface area (Å²) in [7, 11) is 0. The molecular weight excluding hydrogens is 208 g/mol. The second-order valence-electron chi connectivity index (χ2n) is 4.87. The van der Waals surface area contributed by atoms with Gasteiger partial charge in [0.25, 0.3) is 0 Å². The zero-order valence-electron chi connectivity index (χ0n) is 12.1. The van der Waals surface area contributed by atoms with Crippen LogP contribution in [0, 0.1) is 0 Å². The number of aldehydes is 1. The third kappa shape index (κ3) is 8.18. The van der Waals surface area contributed by atoms with Gasteiger partial charge in [-0.05, 0) is 31.3 Å². The maximum absolute atomic E-state index is 11.0. The Morgan fingerprint density at radius 2 is 1.47 bits per heavy atom. The van der Waals surface area contributed by atoms with Crippen molar-refractivity contribution in [2.45, 2.75) is 85.0 Å². The Bertz CT molecular complexity index is 216. The molecule has 1 nitrogen and oxygen atoms in total. The highest BCUT2D eigenvalue weighted by molar-refractivity contribution is 5.74. The van der Waals surface area contributed by atoms with Crippen molar-refractivity contribution in [3.63, 3.8) is 0 Å². The fourth-order valence-electron chi connectivity index (χ4n) is 2.27. The van der Waals surface area contributed by atoms with Gasteiger partial charge in [-0.15, -0.1) is 0 Å². The molecule has 0 aromatic rings. The van der Waals surface area contributed by atoms with Crippen molar-refractivity contribution in [3.8, 4) is 0 Å². The van der Waals surface area contributed by atoms with Crippen LogP contribution in [0.1, 0.15) is 85.0 Å². The molecular formula is C16H30O. The summed E-state index contributed by atoms with van der Waals surface area (Å²) >= 11 is 0. The summed E-state index contributed by atoms with van der Waals surface area (Å²) in [6, 6.07) is 0. The first-order chi connectivity index (χ1) is 8.29. The molecule has 0 radical (unpaired) electrons. The number of rotatable bonds is 11. The lowest BCUT2D eigenvalue weighted by Gasteiger charge is -2.09. The normalized spacial score (nSPS) is 12.4. The molecule has 0 amide bonds. The van der Waals surface area contributed by atoms with Crippen LogP contribution in [-0.2, 0) is 4.79 Å². The molecule has 0 aliphatic carbocycles. The maximum Gasteiger partial charge on any atom is 0.145 e. The van der Waals surface area contributed by atoms with Crippen molar-refractivity contribution in [3.05, 3.63) is 11.1 Å². The SMILES string of the molecule is CCCCCCCC/C(CC)=C(\C=O)CCC. The highest BCUT2D eigenvalue weighted by Gasteiger charge is 2.03. The van der Waals surface area contributed by atoms with Crippen LogP contribution in [0.5, 0.6) is 0 Å². The summed E-state index contributed by atoms with van der Waals surface area (Å²) in [6.07, 6.45) is 13.3. The van der Waals surface area contributed by atoms with Crippen molar-refractivity contribution >= 4 is 6.29 Å². The van der Waals surface area contributed by atoms with Gasteiger partial charge in [-0.1, -0.05) is 64.9 Å². The van der Waals surface area contributed by atoms with Gasteiger partial charge in [0.05, 0.1) is 0 Å². The topological polar surface area (TPSA) is 17.1 Å². The standard InChI is InChI=1S/C16H30O/c1-4-7-8-9-10-11-13-15(6-3)16(14-17)12-5-2/h14H,4-13H2,1-3H3/b16-15-. The number of unbranched alkanes of at least 4 members (excludes halogenated alkanes) is 5. The minimum atomic E-state index is 0.961. The second kappa shape index (κ2) is 11.9. The molecule has 0 atom stereocenters. The van der Waals surface area contributed by atoms with Crippen molar-refractivity contribution < 1.29 is 4.79 Å². The van der Waals surface area contributed by atoms with Crippen molar-refractivity contribution in [2.24, 2.45) is 0 Å². The zero-order valence-corrected chi connectivity index (χ0v) is 12.1. The molecule has 0 aromatic heterocycles. The quantitative estimate of drug-likeness (QED) is 0.266. The number of hydrogen-bond acceptors (Lipinski definition) is 1. The minimum Gasteiger partial charge on any atom is -0.298 e. The summed E-state index contributed by atoms with van der Waals surface area (Å²) < 4.78 is 0. The monoisotopic (exact) mass is 238 g/mol. The predicted octanol–water partition coefficient (Wildman–Crippen LogP) is 5.44. The Labute approximate surface area is 108 Å². The van der Waals surface area contributed by atoms with Crippen LogP contribution in [-0.4, -0.2) is 6.29 Å². The highest BCUT2D eigenvalue weighted by atomic mass is 16.1. The molecule has 0 spiro atoms. The van der Waals surface area contributed by atoms with E-state index < -0.39 is 0 Å². The van der Waals surface area contributed by atoms with Gasteiger partial charge in [0, 0.05) is 0 Å². The van der Waals surface area contributed by atoms with Gasteiger partial charge in [-0.3, -0.25) is 4.79 Å². The van der Waals surface area contributed by atoms with Crippen molar-refractivity contribution in [1.82, 2.24) is 0 Å². The van der Waals surface area contributed by atoms with E-state index in [9.17, 15) is 4.79 Å². The lowest BCUT2D eigenvalue weighted by molar-refractivity contribution is -0.105. The smallest absolute Gasteiger partial charge is 0.145 e. The van der Waals surface area contributed by atoms with Crippen molar-refractivity contribution in [2.75, 3.05) is 0 Å². The van der Waals surface area contributed by atoms with E-state index in [2.05, 4.69) is 20.8 Å². The molecule has 1 heteroatoms. The third-order valence-electron chi connectivity index (χ3n) is 3.37. The Morgan fingerprint density at radius 1 is 0.824 bits per heavy atom. The fourth-order valence-corrected chi connectivity index (χ4v) is 2.27. The van der Waals surface area contributed by atoms with E-state index in [0.29, 0.717) is 0 Å². The molecule has 0 aliphatic rings. The first kappa shape index (κ1) is 16.4. The molecule has 0 unspecified atom stereocenters. The molecule has 0 fully saturated rings. The molecule has 0 N–H and O–H groups in total. The average Bonchev–Trinajstić information content (AvgIpc) is 2.36. The predicted molar refractivity (Wildman–Crippen MR) is 76.3 cm³/mol. The minimum absolute atomic E-state index is 0.961. The first-order valence-corrected chi connectivity index (χ1v) is 7.46. The van der Waals surface area contributed by atoms with Gasteiger partial charge in [0.15, 0.2) is 0 Å². The lowest BCUT2D eigenvalue weighted by atomic mass is 9.97. The van der Waals surface area contributed by atoms with Crippen LogP contribution in [0.25, 0.3) is 0 Å². The lowest BCUT2D eigenvalue weighted by Crippen LogP contribution is -1.94. The van der Waals surface area contributed by atoms with Gasteiger partial charge < -0.3 is 0 Å². The average molecular weight is 238 g/mol. The Kier molecular flexibility index (Phi) is 11.5. The van der Waals surface area contributed by atoms with E-state index in [0.717, 1.165) is 37.5 Å². The Hall–Kier alpha value is -0.590. The number of hydrogen-bond donors (Lipinski definition) is 0. The van der Waals surface area contributed by atoms with Crippen LogP contribution in [0.15, 0.2) is 11.1 Å². The van der Waals surface area contributed by atoms with Crippen LogP contribution in [0.4, 0.5) is 0 Å². The summed E-state index contributed by atoms with van der Waals surface area (Å²) in [4.78, 5) is 11.0. The van der Waals surface area contributed by atoms with E-state index in [4.69, 9.17) is 0 Å². The van der Waals surface area contributed by atoms with Crippen LogP contribution >= 0.6 is 0 Å². The van der Waals surface area contributed by atoms with E-state index >= 15 is 0 Å². The number of carbonyl (C=O) groups excluding carboxylic acids is 1. The Balaban J connectivity index is 3.91. The maximum atomic E-state index is 11.0. The van der Waals surface area contributed by atoms with E-state index in [1.165, 1.54) is 44.1 Å². The van der Waals surface area contributed by atoms with Crippen LogP contribution < -0.4 is 0 Å². The number of allylic oxidation sites excluding steroid dienone is 2. The zero-order chi connectivity index (χ0) is 12.9. The third-order valence-corrected chi connectivity index (χ3v) is 3.37. The van der Waals surface area contributed by atoms with Gasteiger partial charge in [0.2, 0.25) is 0 Å². The molecule has 0 saturated heterocycles. The first-order valence-electron chi connectivity index (χ1n) is 7.46. The summed E-state index contributed by atoms with van der Waals surface area (Å²) in [5.74, 6) is 0. The molecule has 0 rings (SSSR count). The molecule has 0 bridgehead atoms. The summed E-state index contributed by atoms with van der Waals surface area (Å²) in [5.41, 5.74) is 2.47. The van der Waals surface area contributed by atoms with Gasteiger partial charge in [0.1, 0.15) is 6.29 Å². The molecule has 17 heavy (non-hydrogen) atoms.